The third kappa shape index (κ3) is 2.85. The molecule has 1 N–H and O–H groups in total. The van der Waals surface area contributed by atoms with Crippen LogP contribution in [0.3, 0.4) is 0 Å². The lowest BCUT2D eigenvalue weighted by molar-refractivity contribution is -0.118. The van der Waals surface area contributed by atoms with Gasteiger partial charge < -0.3 is 5.32 Å². The number of rotatable bonds is 3. The maximum absolute atomic E-state index is 11.6. The number of benzene rings is 1. The van der Waals surface area contributed by atoms with Gasteiger partial charge in [0.25, 0.3) is 0 Å². The molecule has 0 aliphatic rings. The molecule has 0 saturated carbocycles. The molecule has 0 fully saturated rings. The van der Waals surface area contributed by atoms with Crippen molar-refractivity contribution in [1.82, 2.24) is 9.78 Å². The highest BCUT2D eigenvalue weighted by atomic mass is 35.5. The van der Waals surface area contributed by atoms with Crippen molar-refractivity contribution in [2.45, 2.75) is 27.7 Å². The van der Waals surface area contributed by atoms with Crippen molar-refractivity contribution in [3.05, 3.63) is 40.7 Å². The van der Waals surface area contributed by atoms with Crippen molar-refractivity contribution in [1.29, 1.82) is 0 Å². The summed E-state index contributed by atoms with van der Waals surface area (Å²) in [5.74, 6) is -0.0311. The van der Waals surface area contributed by atoms with Gasteiger partial charge in [-0.15, -0.1) is 0 Å². The minimum absolute atomic E-state index is 0.00640. The van der Waals surface area contributed by atoms with E-state index in [4.69, 9.17) is 11.6 Å². The molecule has 4 nitrogen and oxygen atoms in total. The van der Waals surface area contributed by atoms with Crippen LogP contribution in [0.4, 0.5) is 5.69 Å². The van der Waals surface area contributed by atoms with Crippen molar-refractivity contribution in [2.75, 3.05) is 5.32 Å². The quantitative estimate of drug-likeness (QED) is 0.936. The number of aryl methyl sites for hydroxylation is 1. The topological polar surface area (TPSA) is 46.9 Å². The van der Waals surface area contributed by atoms with Crippen molar-refractivity contribution < 1.29 is 4.79 Å². The Morgan fingerprint density at radius 2 is 1.85 bits per heavy atom. The number of hydrogen-bond acceptors (Lipinski definition) is 2. The molecule has 0 aliphatic heterocycles. The number of anilines is 1. The summed E-state index contributed by atoms with van der Waals surface area (Å²) in [4.78, 5) is 11.6. The second kappa shape index (κ2) is 5.67. The molecule has 0 atom stereocenters. The van der Waals surface area contributed by atoms with Crippen LogP contribution in [-0.2, 0) is 4.79 Å². The highest BCUT2D eigenvalue weighted by Gasteiger charge is 2.11. The fourth-order valence-corrected chi connectivity index (χ4v) is 1.97. The third-order valence-corrected chi connectivity index (χ3v) is 3.65. The van der Waals surface area contributed by atoms with E-state index in [9.17, 15) is 4.79 Å². The summed E-state index contributed by atoms with van der Waals surface area (Å²) in [6, 6.07) is 7.54. The molecule has 106 valence electrons. The summed E-state index contributed by atoms with van der Waals surface area (Å²) in [5.41, 5.74) is 3.41. The fraction of sp³-hybridized carbons (Fsp3) is 0.333. The summed E-state index contributed by atoms with van der Waals surface area (Å²) in [7, 11) is 0. The van der Waals surface area contributed by atoms with E-state index >= 15 is 0 Å². The molecule has 5 heteroatoms. The standard InChI is InChI=1S/C15H18ClN3O/c1-9(2)15(20)17-12-5-7-13(8-6-12)19-11(4)14(16)10(3)18-19/h5-9H,1-4H3,(H,17,20). The van der Waals surface area contributed by atoms with E-state index < -0.39 is 0 Å². The van der Waals surface area contributed by atoms with Gasteiger partial charge in [0.2, 0.25) is 5.91 Å². The molecular weight excluding hydrogens is 274 g/mol. The predicted octanol–water partition coefficient (Wildman–Crippen LogP) is 3.74. The SMILES string of the molecule is Cc1nn(-c2ccc(NC(=O)C(C)C)cc2)c(C)c1Cl. The number of carbonyl (C=O) groups is 1. The first kappa shape index (κ1) is 14.6. The van der Waals surface area contributed by atoms with Gasteiger partial charge in [0.05, 0.1) is 22.1 Å². The Hall–Kier alpha value is -1.81. The van der Waals surface area contributed by atoms with E-state index in [0.29, 0.717) is 5.02 Å². The molecule has 1 heterocycles. The molecule has 0 saturated heterocycles. The molecule has 1 aromatic heterocycles. The second-order valence-corrected chi connectivity index (χ2v) is 5.47. The second-order valence-electron chi connectivity index (χ2n) is 5.09. The van der Waals surface area contributed by atoms with E-state index in [0.717, 1.165) is 22.8 Å². The van der Waals surface area contributed by atoms with Gasteiger partial charge in [0.15, 0.2) is 0 Å². The molecule has 0 bridgehead atoms. The Kier molecular flexibility index (Phi) is 4.14. The molecular formula is C15H18ClN3O. The molecule has 2 rings (SSSR count). The minimum atomic E-state index is -0.0375. The van der Waals surface area contributed by atoms with Crippen LogP contribution >= 0.6 is 11.6 Å². The zero-order valence-electron chi connectivity index (χ0n) is 12.1. The van der Waals surface area contributed by atoms with E-state index in [1.807, 2.05) is 52.0 Å². The van der Waals surface area contributed by atoms with Gasteiger partial charge in [0.1, 0.15) is 0 Å². The molecule has 0 radical (unpaired) electrons. The first-order chi connectivity index (χ1) is 9.40. The molecule has 1 aromatic carbocycles. The van der Waals surface area contributed by atoms with E-state index in [1.165, 1.54) is 0 Å². The maximum Gasteiger partial charge on any atom is 0.226 e. The molecule has 0 aliphatic carbocycles. The van der Waals surface area contributed by atoms with Crippen molar-refractivity contribution in [2.24, 2.45) is 5.92 Å². The van der Waals surface area contributed by atoms with Crippen molar-refractivity contribution >= 4 is 23.2 Å². The van der Waals surface area contributed by atoms with E-state index in [2.05, 4.69) is 10.4 Å². The van der Waals surface area contributed by atoms with Crippen LogP contribution in [0.2, 0.25) is 5.02 Å². The average Bonchev–Trinajstić information content (AvgIpc) is 2.67. The highest BCUT2D eigenvalue weighted by Crippen LogP contribution is 2.23. The van der Waals surface area contributed by atoms with Crippen molar-refractivity contribution in [3.63, 3.8) is 0 Å². The number of amides is 1. The van der Waals surface area contributed by atoms with Gasteiger partial charge >= 0.3 is 0 Å². The smallest absolute Gasteiger partial charge is 0.226 e. The monoisotopic (exact) mass is 291 g/mol. The summed E-state index contributed by atoms with van der Waals surface area (Å²) in [6.45, 7) is 7.53. The lowest BCUT2D eigenvalue weighted by atomic mass is 10.2. The van der Waals surface area contributed by atoms with Gasteiger partial charge in [-0.25, -0.2) is 4.68 Å². The molecule has 0 spiro atoms. The lowest BCUT2D eigenvalue weighted by Crippen LogP contribution is -2.17. The number of halogens is 1. The average molecular weight is 292 g/mol. The van der Waals surface area contributed by atoms with Crippen LogP contribution in [0, 0.1) is 19.8 Å². The number of hydrogen-bond donors (Lipinski definition) is 1. The number of nitrogens with zero attached hydrogens (tertiary/aromatic N) is 2. The van der Waals surface area contributed by atoms with Gasteiger partial charge in [0, 0.05) is 11.6 Å². The largest absolute Gasteiger partial charge is 0.326 e. The summed E-state index contributed by atoms with van der Waals surface area (Å²) >= 11 is 6.14. The van der Waals surface area contributed by atoms with Gasteiger partial charge in [-0.2, -0.15) is 5.10 Å². The molecule has 2 aromatic rings. The molecule has 0 unspecified atom stereocenters. The molecule has 1 amide bonds. The van der Waals surface area contributed by atoms with E-state index in [-0.39, 0.29) is 11.8 Å². The summed E-state index contributed by atoms with van der Waals surface area (Å²) in [6.07, 6.45) is 0. The van der Waals surface area contributed by atoms with E-state index in [1.54, 1.807) is 4.68 Å². The Morgan fingerprint density at radius 3 is 2.30 bits per heavy atom. The number of aromatic nitrogens is 2. The van der Waals surface area contributed by atoms with Gasteiger partial charge in [-0.3, -0.25) is 4.79 Å². The Morgan fingerprint density at radius 1 is 1.25 bits per heavy atom. The Labute approximate surface area is 123 Å². The van der Waals surface area contributed by atoms with Crippen LogP contribution in [0.5, 0.6) is 0 Å². The number of carbonyl (C=O) groups excluding carboxylic acids is 1. The fourth-order valence-electron chi connectivity index (χ4n) is 1.85. The third-order valence-electron chi connectivity index (χ3n) is 3.11. The first-order valence-electron chi connectivity index (χ1n) is 6.53. The van der Waals surface area contributed by atoms with Crippen LogP contribution in [0.15, 0.2) is 24.3 Å². The zero-order chi connectivity index (χ0) is 14.9. The van der Waals surface area contributed by atoms with Crippen LogP contribution in [0.25, 0.3) is 5.69 Å². The van der Waals surface area contributed by atoms with Crippen LogP contribution in [0.1, 0.15) is 25.2 Å². The zero-order valence-corrected chi connectivity index (χ0v) is 12.8. The lowest BCUT2D eigenvalue weighted by Gasteiger charge is -2.09. The Balaban J connectivity index is 2.24. The minimum Gasteiger partial charge on any atom is -0.326 e. The maximum atomic E-state index is 11.6. The summed E-state index contributed by atoms with van der Waals surface area (Å²) in [5, 5.41) is 7.94. The highest BCUT2D eigenvalue weighted by molar-refractivity contribution is 6.31. The van der Waals surface area contributed by atoms with Gasteiger partial charge in [-0.05, 0) is 38.1 Å². The molecule has 20 heavy (non-hydrogen) atoms. The number of nitrogens with one attached hydrogen (secondary N) is 1. The Bertz CT molecular complexity index is 629. The first-order valence-corrected chi connectivity index (χ1v) is 6.91. The van der Waals surface area contributed by atoms with Crippen LogP contribution in [-0.4, -0.2) is 15.7 Å². The predicted molar refractivity (Wildman–Crippen MR) is 81.5 cm³/mol. The van der Waals surface area contributed by atoms with Crippen molar-refractivity contribution in [3.8, 4) is 5.69 Å². The van der Waals surface area contributed by atoms with Crippen LogP contribution < -0.4 is 5.32 Å². The summed E-state index contributed by atoms with van der Waals surface area (Å²) < 4.78 is 1.80. The van der Waals surface area contributed by atoms with Gasteiger partial charge in [-0.1, -0.05) is 25.4 Å². The normalized spacial score (nSPS) is 10.9.